The van der Waals surface area contributed by atoms with Crippen LogP contribution in [0.5, 0.6) is 0 Å². The van der Waals surface area contributed by atoms with Gasteiger partial charge < -0.3 is 20.1 Å². The highest BCUT2D eigenvalue weighted by atomic mass is 35.5. The second-order valence-electron chi connectivity index (χ2n) is 10.9. The van der Waals surface area contributed by atoms with E-state index in [0.29, 0.717) is 29.0 Å². The number of carbonyl (C=O) groups is 2. The standard InChI is InChI=1S/C29H41ClN4O3/c1-5-34(23-10-8-21(9-11-23)29(37)33-12-6-7-13-33)26-16-22(30)15-24(20(26)4)27(35)31-17-25-18(2)14-19(3)32-28(25)36/h14,16,21,23-24H,5-13,15,17H2,1-4H3,(H,31,35)(H,32,36). The van der Waals surface area contributed by atoms with Crippen LogP contribution >= 0.6 is 11.6 Å². The van der Waals surface area contributed by atoms with Gasteiger partial charge in [-0.05, 0) is 95.9 Å². The molecule has 0 spiro atoms. The van der Waals surface area contributed by atoms with Crippen LogP contribution in [-0.2, 0) is 16.1 Å². The van der Waals surface area contributed by atoms with Gasteiger partial charge in [0.2, 0.25) is 11.8 Å². The van der Waals surface area contributed by atoms with Gasteiger partial charge in [-0.1, -0.05) is 11.6 Å². The van der Waals surface area contributed by atoms with Gasteiger partial charge in [0.05, 0.1) is 5.92 Å². The van der Waals surface area contributed by atoms with Gasteiger partial charge in [-0.2, -0.15) is 0 Å². The summed E-state index contributed by atoms with van der Waals surface area (Å²) in [4.78, 5) is 45.8. The van der Waals surface area contributed by atoms with Crippen LogP contribution in [0.3, 0.4) is 0 Å². The molecule has 1 atom stereocenters. The largest absolute Gasteiger partial charge is 0.369 e. The summed E-state index contributed by atoms with van der Waals surface area (Å²) < 4.78 is 0. The van der Waals surface area contributed by atoms with Gasteiger partial charge in [0.1, 0.15) is 0 Å². The molecule has 7 nitrogen and oxygen atoms in total. The van der Waals surface area contributed by atoms with Crippen molar-refractivity contribution in [2.45, 2.75) is 85.2 Å². The predicted molar refractivity (Wildman–Crippen MR) is 147 cm³/mol. The third-order valence-electron chi connectivity index (χ3n) is 8.42. The van der Waals surface area contributed by atoms with Crippen LogP contribution < -0.4 is 10.9 Å². The second kappa shape index (κ2) is 11.9. The number of halogens is 1. The first-order valence-corrected chi connectivity index (χ1v) is 14.2. The van der Waals surface area contributed by atoms with Crippen molar-refractivity contribution in [3.05, 3.63) is 55.6 Å². The van der Waals surface area contributed by atoms with Gasteiger partial charge in [-0.25, -0.2) is 0 Å². The number of likely N-dealkylation sites (tertiary alicyclic amines) is 1. The first kappa shape index (κ1) is 27.5. The Morgan fingerprint density at radius 2 is 1.81 bits per heavy atom. The monoisotopic (exact) mass is 528 g/mol. The molecule has 1 unspecified atom stereocenters. The number of allylic oxidation sites excluding steroid dienone is 2. The van der Waals surface area contributed by atoms with E-state index in [-0.39, 0.29) is 29.8 Å². The quantitative estimate of drug-likeness (QED) is 0.544. The van der Waals surface area contributed by atoms with Crippen LogP contribution in [0.15, 0.2) is 33.2 Å². The molecule has 1 aromatic heterocycles. The number of rotatable bonds is 7. The highest BCUT2D eigenvalue weighted by molar-refractivity contribution is 6.30. The average Bonchev–Trinajstić information content (AvgIpc) is 3.40. The molecule has 3 aliphatic rings. The molecule has 0 aromatic carbocycles. The molecule has 37 heavy (non-hydrogen) atoms. The minimum atomic E-state index is -0.375. The maximum absolute atomic E-state index is 13.3. The topological polar surface area (TPSA) is 85.5 Å². The molecule has 1 aromatic rings. The van der Waals surface area contributed by atoms with E-state index in [2.05, 4.69) is 22.1 Å². The van der Waals surface area contributed by atoms with Crippen molar-refractivity contribution in [1.82, 2.24) is 20.1 Å². The van der Waals surface area contributed by atoms with Gasteiger partial charge in [0, 0.05) is 60.1 Å². The molecule has 2 heterocycles. The molecule has 8 heteroatoms. The second-order valence-corrected chi connectivity index (χ2v) is 11.4. The predicted octanol–water partition coefficient (Wildman–Crippen LogP) is 4.53. The Morgan fingerprint density at radius 3 is 2.43 bits per heavy atom. The van der Waals surface area contributed by atoms with E-state index >= 15 is 0 Å². The van der Waals surface area contributed by atoms with Gasteiger partial charge in [0.25, 0.3) is 5.56 Å². The lowest BCUT2D eigenvalue weighted by atomic mass is 9.83. The Hall–Kier alpha value is -2.54. The third-order valence-corrected chi connectivity index (χ3v) is 8.69. The number of nitrogens with zero attached hydrogens (tertiary/aromatic N) is 2. The number of likely N-dealkylation sites (N-methyl/N-ethyl adjacent to an activating group) is 1. The summed E-state index contributed by atoms with van der Waals surface area (Å²) in [5.74, 6) is -0.00835. The average molecular weight is 529 g/mol. The van der Waals surface area contributed by atoms with E-state index in [4.69, 9.17) is 11.6 Å². The first-order valence-electron chi connectivity index (χ1n) is 13.8. The smallest absolute Gasteiger partial charge is 0.253 e. The van der Waals surface area contributed by atoms with Crippen LogP contribution in [0.2, 0.25) is 0 Å². The zero-order chi connectivity index (χ0) is 26.7. The molecule has 1 aliphatic heterocycles. The summed E-state index contributed by atoms with van der Waals surface area (Å²) in [7, 11) is 0. The zero-order valence-corrected chi connectivity index (χ0v) is 23.4. The Balaban J connectivity index is 1.44. The maximum atomic E-state index is 13.3. The molecule has 1 saturated carbocycles. The summed E-state index contributed by atoms with van der Waals surface area (Å²) >= 11 is 6.59. The van der Waals surface area contributed by atoms with Gasteiger partial charge in [-0.15, -0.1) is 0 Å². The number of carbonyl (C=O) groups excluding carboxylic acids is 2. The number of H-pyrrole nitrogens is 1. The molecule has 0 radical (unpaired) electrons. The van der Waals surface area contributed by atoms with Crippen molar-refractivity contribution in [2.24, 2.45) is 11.8 Å². The fourth-order valence-corrected chi connectivity index (χ4v) is 6.56. The molecular formula is C29H41ClN4O3. The van der Waals surface area contributed by atoms with Crippen LogP contribution in [-0.4, -0.2) is 52.3 Å². The van der Waals surface area contributed by atoms with Crippen LogP contribution in [0.4, 0.5) is 0 Å². The van der Waals surface area contributed by atoms with Crippen molar-refractivity contribution < 1.29 is 9.59 Å². The molecule has 1 saturated heterocycles. The van der Waals surface area contributed by atoms with Crippen molar-refractivity contribution in [3.8, 4) is 0 Å². The normalized spacial score (nSPS) is 24.2. The highest BCUT2D eigenvalue weighted by Crippen LogP contribution is 2.37. The molecule has 2 fully saturated rings. The molecule has 2 N–H and O–H groups in total. The Kier molecular flexibility index (Phi) is 8.83. The fraction of sp³-hybridized carbons (Fsp3) is 0.621. The molecule has 0 bridgehead atoms. The lowest BCUT2D eigenvalue weighted by Gasteiger charge is -2.41. The van der Waals surface area contributed by atoms with Crippen molar-refractivity contribution in [2.75, 3.05) is 19.6 Å². The molecule has 2 amide bonds. The van der Waals surface area contributed by atoms with Crippen LogP contribution in [0.1, 0.15) is 75.6 Å². The number of pyridine rings is 1. The zero-order valence-electron chi connectivity index (χ0n) is 22.7. The van der Waals surface area contributed by atoms with Gasteiger partial charge in [-0.3, -0.25) is 14.4 Å². The first-order chi connectivity index (χ1) is 17.7. The molecule has 2 aliphatic carbocycles. The SMILES string of the molecule is CCN(C1=C(C)C(C(=O)NCc2c(C)cc(C)[nH]c2=O)CC(Cl)=C1)C1CCC(C(=O)N2CCCC2)CC1. The number of amides is 2. The van der Waals surface area contributed by atoms with E-state index in [1.54, 1.807) is 0 Å². The fourth-order valence-electron chi connectivity index (χ4n) is 6.30. The van der Waals surface area contributed by atoms with E-state index in [0.717, 1.165) is 80.7 Å². The molecular weight excluding hydrogens is 488 g/mol. The lowest BCUT2D eigenvalue weighted by Crippen LogP contribution is -2.42. The van der Waals surface area contributed by atoms with E-state index in [1.807, 2.05) is 37.8 Å². The van der Waals surface area contributed by atoms with Crippen molar-refractivity contribution in [3.63, 3.8) is 0 Å². The summed E-state index contributed by atoms with van der Waals surface area (Å²) in [6.45, 7) is 10.7. The van der Waals surface area contributed by atoms with Crippen molar-refractivity contribution >= 4 is 23.4 Å². The summed E-state index contributed by atoms with van der Waals surface area (Å²) in [5, 5.41) is 3.65. The summed E-state index contributed by atoms with van der Waals surface area (Å²) in [6, 6.07) is 2.24. The summed E-state index contributed by atoms with van der Waals surface area (Å²) in [5.41, 5.74) is 4.12. The van der Waals surface area contributed by atoms with E-state index < -0.39 is 0 Å². The van der Waals surface area contributed by atoms with Gasteiger partial charge >= 0.3 is 0 Å². The number of nitrogens with one attached hydrogen (secondary N) is 2. The summed E-state index contributed by atoms with van der Waals surface area (Å²) in [6.07, 6.45) is 8.48. The highest BCUT2D eigenvalue weighted by Gasteiger charge is 2.35. The Labute approximate surface area is 225 Å². The number of aromatic nitrogens is 1. The number of aromatic amines is 1. The molecule has 202 valence electrons. The number of aryl methyl sites for hydroxylation is 2. The lowest BCUT2D eigenvalue weighted by molar-refractivity contribution is -0.135. The van der Waals surface area contributed by atoms with Crippen LogP contribution in [0, 0.1) is 25.7 Å². The van der Waals surface area contributed by atoms with E-state index in [9.17, 15) is 14.4 Å². The minimum absolute atomic E-state index is 0.114. The Bertz CT molecular complexity index is 1140. The minimum Gasteiger partial charge on any atom is -0.369 e. The van der Waals surface area contributed by atoms with E-state index in [1.165, 1.54) is 0 Å². The van der Waals surface area contributed by atoms with Crippen LogP contribution in [0.25, 0.3) is 0 Å². The van der Waals surface area contributed by atoms with Gasteiger partial charge in [0.15, 0.2) is 0 Å². The number of hydrogen-bond donors (Lipinski definition) is 2. The molecule has 4 rings (SSSR count). The van der Waals surface area contributed by atoms with Crippen molar-refractivity contribution in [1.29, 1.82) is 0 Å². The number of hydrogen-bond acceptors (Lipinski definition) is 4. The third kappa shape index (κ3) is 6.14. The maximum Gasteiger partial charge on any atom is 0.253 e. The Morgan fingerprint density at radius 1 is 1.14 bits per heavy atom.